The summed E-state index contributed by atoms with van der Waals surface area (Å²) in [5.41, 5.74) is 4.05. The second kappa shape index (κ2) is 8.14. The predicted molar refractivity (Wildman–Crippen MR) is 156 cm³/mol. The van der Waals surface area contributed by atoms with E-state index in [9.17, 15) is 0 Å². The van der Waals surface area contributed by atoms with Crippen LogP contribution in [-0.4, -0.2) is 0 Å². The van der Waals surface area contributed by atoms with Gasteiger partial charge in [0.15, 0.2) is 14.3 Å². The summed E-state index contributed by atoms with van der Waals surface area (Å²) >= 11 is 0. The summed E-state index contributed by atoms with van der Waals surface area (Å²) in [6, 6.07) is 33.2. The van der Waals surface area contributed by atoms with E-state index >= 15 is 13.5 Å². The fourth-order valence-electron chi connectivity index (χ4n) is 5.89. The van der Waals surface area contributed by atoms with Crippen molar-refractivity contribution in [1.29, 1.82) is 0 Å². The van der Waals surface area contributed by atoms with Crippen LogP contribution in [0.15, 0.2) is 109 Å². The first-order valence-corrected chi connectivity index (χ1v) is 15.9. The summed E-state index contributed by atoms with van der Waals surface area (Å²) in [7, 11) is -7.03. The monoisotopic (exact) mass is 535 g/mol. The van der Waals surface area contributed by atoms with E-state index < -0.39 is 20.1 Å². The smallest absolute Gasteiger partial charge is 0.175 e. The third kappa shape index (κ3) is 3.02. The first-order chi connectivity index (χ1) is 18.3. The zero-order valence-electron chi connectivity index (χ0n) is 20.9. The number of rotatable bonds is 2. The van der Waals surface area contributed by atoms with Crippen LogP contribution in [0.1, 0.15) is 11.1 Å². The van der Waals surface area contributed by atoms with Gasteiger partial charge in [-0.1, -0.05) is 83.9 Å². The number of fused-ring (bicyclic) bond motifs is 4. The number of benzene rings is 5. The Hall–Kier alpha value is -3.71. The van der Waals surface area contributed by atoms with E-state index in [4.69, 9.17) is 0 Å². The summed E-state index contributed by atoms with van der Waals surface area (Å²) < 4.78 is 46.6. The number of nitrogens with zero attached hydrogens (tertiary/aromatic N) is 1. The Bertz CT molecular complexity index is 1740. The Balaban J connectivity index is 1.70. The molecule has 0 spiro atoms. The van der Waals surface area contributed by atoms with Crippen molar-refractivity contribution in [1.82, 2.24) is 0 Å². The van der Waals surface area contributed by atoms with Gasteiger partial charge in [-0.2, -0.15) is 0 Å². The molecule has 2 heterocycles. The van der Waals surface area contributed by atoms with Gasteiger partial charge in [-0.25, -0.2) is 4.39 Å². The van der Waals surface area contributed by atoms with Gasteiger partial charge >= 0.3 is 0 Å². The minimum Gasteiger partial charge on any atom is -0.308 e. The van der Waals surface area contributed by atoms with E-state index in [1.54, 1.807) is 0 Å². The number of hydrogen-bond acceptors (Lipinski definition) is 3. The molecule has 5 aromatic rings. The van der Waals surface area contributed by atoms with Crippen molar-refractivity contribution in [2.75, 3.05) is 4.90 Å². The quantitative estimate of drug-likeness (QED) is 0.262. The van der Waals surface area contributed by atoms with Crippen LogP contribution in [0.5, 0.6) is 0 Å². The van der Waals surface area contributed by atoms with Crippen molar-refractivity contribution in [3.63, 3.8) is 0 Å². The molecule has 2 aliphatic rings. The number of halogens is 1. The highest BCUT2D eigenvalue weighted by atomic mass is 31.2. The number of aryl methyl sites for hydroxylation is 2. The van der Waals surface area contributed by atoms with E-state index in [1.165, 1.54) is 12.1 Å². The molecule has 2 atom stereocenters. The van der Waals surface area contributed by atoms with E-state index in [1.807, 2.05) is 116 Å². The SMILES string of the molecule is Cc1ccc2c(c1)P(=O)(c1ccccc1)c1cc(F)cc3c1N2c1ccc(C)cc1P3(=O)c1ccccc1. The van der Waals surface area contributed by atoms with E-state index in [0.29, 0.717) is 37.5 Å². The molecule has 3 nitrogen and oxygen atoms in total. The van der Waals surface area contributed by atoms with Crippen molar-refractivity contribution in [3.05, 3.63) is 126 Å². The molecule has 2 unspecified atom stereocenters. The molecule has 7 rings (SSSR count). The van der Waals surface area contributed by atoms with E-state index in [0.717, 1.165) is 22.5 Å². The molecule has 0 N–H and O–H groups in total. The third-order valence-corrected chi connectivity index (χ3v) is 13.8. The largest absolute Gasteiger partial charge is 0.308 e. The lowest BCUT2D eigenvalue weighted by molar-refractivity contribution is 0.591. The van der Waals surface area contributed by atoms with E-state index in [-0.39, 0.29) is 0 Å². The molecule has 2 aliphatic heterocycles. The Kier molecular flexibility index (Phi) is 5.02. The zero-order chi connectivity index (χ0) is 26.2. The fraction of sp³-hybridized carbons (Fsp3) is 0.0625. The van der Waals surface area contributed by atoms with Crippen LogP contribution in [0, 0.1) is 19.7 Å². The molecule has 5 aromatic carbocycles. The van der Waals surface area contributed by atoms with Crippen LogP contribution in [-0.2, 0) is 9.13 Å². The van der Waals surface area contributed by atoms with Crippen LogP contribution in [0.2, 0.25) is 0 Å². The molecule has 0 bridgehead atoms. The fourth-order valence-corrected chi connectivity index (χ4v) is 12.2. The molecule has 6 heteroatoms. The average molecular weight is 535 g/mol. The maximum atomic E-state index is 15.7. The molecule has 0 saturated carbocycles. The summed E-state index contributed by atoms with van der Waals surface area (Å²) in [5, 5.41) is 3.36. The molecular weight excluding hydrogens is 511 g/mol. The van der Waals surface area contributed by atoms with Crippen molar-refractivity contribution < 1.29 is 13.5 Å². The Morgan fingerprint density at radius 2 is 0.974 bits per heavy atom. The van der Waals surface area contributed by atoms with Gasteiger partial charge in [0.1, 0.15) is 5.82 Å². The van der Waals surface area contributed by atoms with Gasteiger partial charge in [0.2, 0.25) is 0 Å². The normalized spacial score (nSPS) is 20.9. The molecule has 186 valence electrons. The van der Waals surface area contributed by atoms with Crippen LogP contribution in [0.4, 0.5) is 21.5 Å². The Labute approximate surface area is 221 Å². The van der Waals surface area contributed by atoms with Crippen molar-refractivity contribution in [3.8, 4) is 0 Å². The minimum absolute atomic E-state index is 0.388. The summed E-state index contributed by atoms with van der Waals surface area (Å²) in [4.78, 5) is 2.05. The molecule has 0 fully saturated rings. The maximum absolute atomic E-state index is 15.7. The second-order valence-electron chi connectivity index (χ2n) is 10.0. The summed E-state index contributed by atoms with van der Waals surface area (Å²) in [6.07, 6.45) is 0. The molecule has 0 aliphatic carbocycles. The standard InChI is InChI=1S/C32H24FNO2P2/c1-21-13-15-26-28(17-21)37(35,24-9-5-3-6-10-24)30-19-23(33)20-31-32(30)34(26)27-16-14-22(2)18-29(27)38(31,36)25-11-7-4-8-12-25/h3-20H,1-2H3. The summed E-state index contributed by atoms with van der Waals surface area (Å²) in [5.74, 6) is -0.543. The molecule has 0 radical (unpaired) electrons. The van der Waals surface area contributed by atoms with Gasteiger partial charge in [-0.3, -0.25) is 0 Å². The number of anilines is 3. The first-order valence-electron chi connectivity index (χ1n) is 12.5. The Morgan fingerprint density at radius 1 is 0.553 bits per heavy atom. The van der Waals surface area contributed by atoms with Crippen molar-refractivity contribution >= 4 is 63.2 Å². The highest BCUT2D eigenvalue weighted by Gasteiger charge is 2.50. The van der Waals surface area contributed by atoms with Gasteiger partial charge in [0, 0.05) is 31.8 Å². The van der Waals surface area contributed by atoms with Crippen molar-refractivity contribution in [2.45, 2.75) is 13.8 Å². The van der Waals surface area contributed by atoms with Crippen molar-refractivity contribution in [2.24, 2.45) is 0 Å². The van der Waals surface area contributed by atoms with Crippen LogP contribution in [0.3, 0.4) is 0 Å². The highest BCUT2D eigenvalue weighted by molar-refractivity contribution is 7.88. The van der Waals surface area contributed by atoms with Crippen LogP contribution in [0.25, 0.3) is 0 Å². The lowest BCUT2D eigenvalue weighted by Gasteiger charge is -2.44. The van der Waals surface area contributed by atoms with Gasteiger partial charge in [0.05, 0.1) is 17.1 Å². The third-order valence-electron chi connectivity index (χ3n) is 7.60. The molecule has 0 aromatic heterocycles. The molecular formula is C32H24FNO2P2. The first kappa shape index (κ1) is 23.4. The number of hydrogen-bond donors (Lipinski definition) is 0. The van der Waals surface area contributed by atoms with Gasteiger partial charge in [0.25, 0.3) is 0 Å². The summed E-state index contributed by atoms with van der Waals surface area (Å²) in [6.45, 7) is 3.94. The Morgan fingerprint density at radius 3 is 1.39 bits per heavy atom. The maximum Gasteiger partial charge on any atom is 0.175 e. The van der Waals surface area contributed by atoms with Crippen LogP contribution >= 0.6 is 14.3 Å². The van der Waals surface area contributed by atoms with Crippen LogP contribution < -0.4 is 36.7 Å². The lowest BCUT2D eigenvalue weighted by atomic mass is 10.1. The average Bonchev–Trinajstić information content (AvgIpc) is 2.94. The second-order valence-corrected chi connectivity index (χ2v) is 15.4. The van der Waals surface area contributed by atoms with Gasteiger partial charge < -0.3 is 14.0 Å². The highest BCUT2D eigenvalue weighted by Crippen LogP contribution is 2.60. The topological polar surface area (TPSA) is 37.4 Å². The minimum atomic E-state index is -3.52. The predicted octanol–water partition coefficient (Wildman–Crippen LogP) is 5.82. The lowest BCUT2D eigenvalue weighted by Crippen LogP contribution is -2.46. The zero-order valence-corrected chi connectivity index (χ0v) is 22.7. The van der Waals surface area contributed by atoms with E-state index in [2.05, 4.69) is 0 Å². The van der Waals surface area contributed by atoms with Gasteiger partial charge in [-0.05, 0) is 50.2 Å². The molecule has 0 saturated heterocycles. The van der Waals surface area contributed by atoms with Gasteiger partial charge in [-0.15, -0.1) is 0 Å². The molecule has 0 amide bonds. The molecule has 38 heavy (non-hydrogen) atoms.